The Kier molecular flexibility index (Phi) is 67.8. The van der Waals surface area contributed by atoms with E-state index in [0.717, 1.165) is 148 Å². The molecule has 0 amide bonds. The highest BCUT2D eigenvalue weighted by Crippen LogP contribution is 2.45. The van der Waals surface area contributed by atoms with Gasteiger partial charge in [0.1, 0.15) is 19.3 Å². The Morgan fingerprint density at radius 1 is 0.300 bits per heavy atom. The summed E-state index contributed by atoms with van der Waals surface area (Å²) in [6, 6.07) is 0. The van der Waals surface area contributed by atoms with Crippen LogP contribution in [0.15, 0.2) is 170 Å². The molecule has 5 unspecified atom stereocenters. The summed E-state index contributed by atoms with van der Waals surface area (Å²) < 4.78 is 68.1. The third kappa shape index (κ3) is 70.8. The largest absolute Gasteiger partial charge is 0.472 e. The highest BCUT2D eigenvalue weighted by atomic mass is 31.2. The van der Waals surface area contributed by atoms with Gasteiger partial charge in [0.15, 0.2) is 12.2 Å². The van der Waals surface area contributed by atoms with Gasteiger partial charge in [-0.3, -0.25) is 37.3 Å². The smallest absolute Gasteiger partial charge is 0.462 e. The van der Waals surface area contributed by atoms with Gasteiger partial charge >= 0.3 is 39.5 Å². The Labute approximate surface area is 603 Å². The molecular formula is C81H130O17P2. The van der Waals surface area contributed by atoms with E-state index in [1.165, 1.54) is 25.7 Å². The topological polar surface area (TPSA) is 237 Å². The van der Waals surface area contributed by atoms with Crippen LogP contribution in [0.25, 0.3) is 0 Å². The first-order chi connectivity index (χ1) is 48.7. The van der Waals surface area contributed by atoms with E-state index in [1.807, 2.05) is 36.5 Å². The van der Waals surface area contributed by atoms with Crippen LogP contribution in [0.2, 0.25) is 0 Å². The monoisotopic (exact) mass is 1440 g/mol. The van der Waals surface area contributed by atoms with Gasteiger partial charge in [-0.2, -0.15) is 0 Å². The fourth-order valence-corrected chi connectivity index (χ4v) is 10.6. The number of carbonyl (C=O) groups excluding carboxylic acids is 4. The highest BCUT2D eigenvalue weighted by molar-refractivity contribution is 7.47. The van der Waals surface area contributed by atoms with Crippen molar-refractivity contribution in [3.63, 3.8) is 0 Å². The van der Waals surface area contributed by atoms with E-state index in [1.54, 1.807) is 6.08 Å². The SMILES string of the molecule is CC/C=C\C/C=C\C/C=C\C/C=C\C/C=C\C/C=C\CCC(=O)OCC(COP(=O)(O)OCC(O)COP(=O)(O)OCC(COC(=O)C/C=C\C/C=C\C/C=C\C/C=C\C/C=C\CC)OC(=O)CCCCCCC/C=C\C/C=C\CCCCC)OC(=O)CCCCCCC/C=C\CCCC. The third-order valence-electron chi connectivity index (χ3n) is 14.7. The molecule has 17 nitrogen and oxygen atoms in total. The number of carbonyl (C=O) groups is 4. The van der Waals surface area contributed by atoms with Crippen molar-refractivity contribution in [1.29, 1.82) is 0 Å². The molecule has 5 atom stereocenters. The summed E-state index contributed by atoms with van der Waals surface area (Å²) in [4.78, 5) is 72.7. The van der Waals surface area contributed by atoms with Crippen LogP contribution in [0.4, 0.5) is 0 Å². The van der Waals surface area contributed by atoms with E-state index >= 15 is 0 Å². The van der Waals surface area contributed by atoms with Crippen molar-refractivity contribution < 1.29 is 80.2 Å². The number of aliphatic hydroxyl groups is 1. The summed E-state index contributed by atoms with van der Waals surface area (Å²) in [5.41, 5.74) is 0. The normalized spacial score (nSPS) is 14.9. The Hall–Kier alpha value is -5.58. The van der Waals surface area contributed by atoms with Crippen molar-refractivity contribution in [2.75, 3.05) is 39.6 Å². The summed E-state index contributed by atoms with van der Waals surface area (Å²) in [6.45, 7) is 4.31. The first-order valence-corrected chi connectivity index (χ1v) is 40.4. The van der Waals surface area contributed by atoms with E-state index in [4.69, 9.17) is 37.0 Å². The molecule has 3 N–H and O–H groups in total. The zero-order valence-electron chi connectivity index (χ0n) is 61.5. The number of rotatable bonds is 68. The summed E-state index contributed by atoms with van der Waals surface area (Å²) in [5.74, 6) is -2.47. The minimum absolute atomic E-state index is 0.0270. The van der Waals surface area contributed by atoms with E-state index in [0.29, 0.717) is 32.1 Å². The predicted octanol–water partition coefficient (Wildman–Crippen LogP) is 21.4. The minimum atomic E-state index is -5.01. The van der Waals surface area contributed by atoms with Crippen LogP contribution in [0, 0.1) is 0 Å². The van der Waals surface area contributed by atoms with Crippen molar-refractivity contribution in [2.24, 2.45) is 0 Å². The average molecular weight is 1440 g/mol. The molecule has 0 saturated heterocycles. The van der Waals surface area contributed by atoms with E-state index < -0.39 is 97.5 Å². The summed E-state index contributed by atoms with van der Waals surface area (Å²) in [7, 11) is -10.0. The van der Waals surface area contributed by atoms with Gasteiger partial charge in [0.25, 0.3) is 0 Å². The molecular weight excluding hydrogens is 1310 g/mol. The standard InChI is InChI=1S/C81H130O17P2/c1-5-9-13-17-21-25-29-32-35-36-37-38-41-43-47-50-54-58-62-66-79(84)91-71-76(97-80(85)67-63-59-55-51-45-28-24-20-16-12-8-4)73-95-99(87,88)93-69-75(82)70-94-100(89,90)96-74-77(98-81(86)68-64-60-56-52-48-44-40-34-31-27-23-19-15-11-7-3)72-92-78(83)65-61-57-53-49-46-42-39-33-30-26-22-18-14-10-6-2/h9-10,13-14,20-27,32-35,37-40,43,46-47,49,54,57-58,61,75-77,82H,5-8,11-12,15-19,28-31,36,41-42,44-45,48,50-53,55-56,59-60,62-74H2,1-4H3,(H,87,88)(H,89,90)/b13-9-,14-10-,24-20-,25-21-,26-22-,27-23-,35-32-,38-37-,39-33-,40-34-,47-43-,49-46-,58-54-,61-57-. The molecule has 0 aromatic carbocycles. The number of phosphoric acid groups is 2. The predicted molar refractivity (Wildman–Crippen MR) is 408 cm³/mol. The quantitative estimate of drug-likeness (QED) is 0.0169. The highest BCUT2D eigenvalue weighted by Gasteiger charge is 2.30. The maximum Gasteiger partial charge on any atom is 0.472 e. The number of phosphoric ester groups is 2. The molecule has 0 fully saturated rings. The maximum atomic E-state index is 13.1. The molecule has 0 rings (SSSR count). The van der Waals surface area contributed by atoms with Crippen LogP contribution < -0.4 is 0 Å². The Morgan fingerprint density at radius 2 is 0.590 bits per heavy atom. The van der Waals surface area contributed by atoms with Crippen LogP contribution >= 0.6 is 15.6 Å². The van der Waals surface area contributed by atoms with Crippen LogP contribution in [-0.2, 0) is 65.4 Å². The molecule has 0 aromatic heterocycles. The van der Waals surface area contributed by atoms with Crippen molar-refractivity contribution in [2.45, 2.75) is 277 Å². The van der Waals surface area contributed by atoms with E-state index in [9.17, 15) is 43.2 Å². The second kappa shape index (κ2) is 71.8. The molecule has 19 heteroatoms. The maximum absolute atomic E-state index is 13.1. The first-order valence-electron chi connectivity index (χ1n) is 37.4. The number of ether oxygens (including phenoxy) is 4. The van der Waals surface area contributed by atoms with Gasteiger partial charge in [-0.1, -0.05) is 262 Å². The Balaban J connectivity index is 5.48. The lowest BCUT2D eigenvalue weighted by Gasteiger charge is -2.21. The van der Waals surface area contributed by atoms with Crippen molar-refractivity contribution in [3.8, 4) is 0 Å². The molecule has 0 radical (unpaired) electrons. The molecule has 566 valence electrons. The number of unbranched alkanes of at least 4 members (excludes halogenated alkanes) is 15. The summed E-state index contributed by atoms with van der Waals surface area (Å²) >= 11 is 0. The molecule has 0 aromatic rings. The second-order valence-electron chi connectivity index (χ2n) is 24.1. The fraction of sp³-hybridized carbons (Fsp3) is 0.605. The van der Waals surface area contributed by atoms with Gasteiger partial charge in [0.2, 0.25) is 0 Å². The van der Waals surface area contributed by atoms with Gasteiger partial charge in [0.05, 0.1) is 32.8 Å². The zero-order chi connectivity index (χ0) is 73.2. The molecule has 100 heavy (non-hydrogen) atoms. The Morgan fingerprint density at radius 3 is 0.970 bits per heavy atom. The zero-order valence-corrected chi connectivity index (χ0v) is 63.3. The van der Waals surface area contributed by atoms with Gasteiger partial charge in [0, 0.05) is 19.3 Å². The van der Waals surface area contributed by atoms with Crippen LogP contribution in [0.3, 0.4) is 0 Å². The lowest BCUT2D eigenvalue weighted by Crippen LogP contribution is -2.30. The van der Waals surface area contributed by atoms with Crippen molar-refractivity contribution in [3.05, 3.63) is 170 Å². The molecule has 0 aliphatic carbocycles. The van der Waals surface area contributed by atoms with E-state index in [-0.39, 0.29) is 25.7 Å². The number of aliphatic hydroxyl groups excluding tert-OH is 1. The number of hydrogen-bond acceptors (Lipinski definition) is 15. The molecule has 0 aliphatic rings. The molecule has 0 aliphatic heterocycles. The average Bonchev–Trinajstić information content (AvgIpc) is 0.953. The van der Waals surface area contributed by atoms with E-state index in [2.05, 4.69) is 155 Å². The Bertz CT molecular complexity index is 2570. The van der Waals surface area contributed by atoms with Crippen LogP contribution in [0.5, 0.6) is 0 Å². The number of hydrogen-bond donors (Lipinski definition) is 3. The van der Waals surface area contributed by atoms with Gasteiger partial charge < -0.3 is 33.8 Å². The molecule has 0 bridgehead atoms. The van der Waals surface area contributed by atoms with Crippen molar-refractivity contribution in [1.82, 2.24) is 0 Å². The molecule has 0 heterocycles. The van der Waals surface area contributed by atoms with Crippen LogP contribution in [-0.4, -0.2) is 96.7 Å². The van der Waals surface area contributed by atoms with Gasteiger partial charge in [-0.25, -0.2) is 9.13 Å². The second-order valence-corrected chi connectivity index (χ2v) is 27.0. The molecule has 0 spiro atoms. The fourth-order valence-electron chi connectivity index (χ4n) is 9.03. The lowest BCUT2D eigenvalue weighted by molar-refractivity contribution is -0.161. The van der Waals surface area contributed by atoms with Gasteiger partial charge in [-0.05, 0) is 141 Å². The lowest BCUT2D eigenvalue weighted by atomic mass is 10.1. The van der Waals surface area contributed by atoms with Crippen LogP contribution in [0.1, 0.15) is 259 Å². The molecule has 0 saturated carbocycles. The van der Waals surface area contributed by atoms with Gasteiger partial charge in [-0.15, -0.1) is 0 Å². The first kappa shape index (κ1) is 94.4. The number of allylic oxidation sites excluding steroid dienone is 27. The van der Waals surface area contributed by atoms with Crippen molar-refractivity contribution >= 4 is 39.5 Å². The summed E-state index contributed by atoms with van der Waals surface area (Å²) in [5, 5.41) is 10.6. The third-order valence-corrected chi connectivity index (χ3v) is 16.6. The minimum Gasteiger partial charge on any atom is -0.462 e. The number of esters is 4. The summed E-state index contributed by atoms with van der Waals surface area (Å²) in [6.07, 6.45) is 84.0.